The van der Waals surface area contributed by atoms with Gasteiger partial charge in [0.2, 0.25) is 6.41 Å². The maximum Gasteiger partial charge on any atom is 0.339 e. The molecule has 0 saturated carbocycles. The highest BCUT2D eigenvalue weighted by Crippen LogP contribution is 2.21. The summed E-state index contributed by atoms with van der Waals surface area (Å²) in [5, 5.41) is 2.30. The number of aromatic nitrogens is 1. The second kappa shape index (κ2) is 7.96. The second-order valence-electron chi connectivity index (χ2n) is 4.81. The molecule has 0 unspecified atom stereocenters. The summed E-state index contributed by atoms with van der Waals surface area (Å²) in [6.45, 7) is -0.146. The predicted molar refractivity (Wildman–Crippen MR) is 85.3 cm³/mol. The van der Waals surface area contributed by atoms with Gasteiger partial charge in [-0.3, -0.25) is 9.78 Å². The molecule has 0 atom stereocenters. The summed E-state index contributed by atoms with van der Waals surface area (Å²) < 4.78 is 33.2. The molecule has 0 aliphatic carbocycles. The first-order chi connectivity index (χ1) is 11.5. The molecular weight excluding hydrogens is 386 g/mol. The van der Waals surface area contributed by atoms with Crippen LogP contribution in [0.1, 0.15) is 27.3 Å². The Morgan fingerprint density at radius 1 is 1.29 bits per heavy atom. The van der Waals surface area contributed by atoms with E-state index in [1.54, 1.807) is 6.07 Å². The van der Waals surface area contributed by atoms with Crippen LogP contribution >= 0.6 is 15.9 Å². The molecule has 1 heterocycles. The Kier molecular flexibility index (Phi) is 5.97. The Morgan fingerprint density at radius 3 is 2.67 bits per heavy atom. The smallest absolute Gasteiger partial charge is 0.339 e. The molecule has 2 rings (SSSR count). The highest BCUT2D eigenvalue weighted by Gasteiger charge is 2.19. The van der Waals surface area contributed by atoms with Crippen LogP contribution in [0.5, 0.6) is 0 Å². The van der Waals surface area contributed by atoms with E-state index in [1.807, 2.05) is 0 Å². The lowest BCUT2D eigenvalue weighted by Gasteiger charge is -2.11. The minimum atomic E-state index is -0.774. The average Bonchev–Trinajstić information content (AvgIpc) is 2.56. The lowest BCUT2D eigenvalue weighted by molar-refractivity contribution is -0.109. The Hall–Kier alpha value is -2.35. The number of carbonyl (C=O) groups excluding carboxylic acids is 2. The molecule has 0 aliphatic heterocycles. The van der Waals surface area contributed by atoms with E-state index < -0.39 is 17.6 Å². The summed E-state index contributed by atoms with van der Waals surface area (Å²) in [6, 6.07) is 5.45. The zero-order chi connectivity index (χ0) is 17.7. The zero-order valence-electron chi connectivity index (χ0n) is 12.6. The van der Waals surface area contributed by atoms with E-state index in [-0.39, 0.29) is 35.5 Å². The van der Waals surface area contributed by atoms with Crippen molar-refractivity contribution in [2.75, 3.05) is 7.11 Å². The molecule has 24 heavy (non-hydrogen) atoms. The first-order valence-electron chi connectivity index (χ1n) is 6.83. The van der Waals surface area contributed by atoms with Gasteiger partial charge in [0.1, 0.15) is 11.6 Å². The normalized spacial score (nSPS) is 10.3. The summed E-state index contributed by atoms with van der Waals surface area (Å²) in [6.07, 6.45) is 0.376. The molecule has 0 bridgehead atoms. The number of rotatable bonds is 6. The van der Waals surface area contributed by atoms with Crippen molar-refractivity contribution < 1.29 is 23.1 Å². The first kappa shape index (κ1) is 18.0. The maximum absolute atomic E-state index is 14.0. The Labute approximate surface area is 145 Å². The van der Waals surface area contributed by atoms with Crippen LogP contribution in [-0.2, 0) is 22.5 Å². The maximum atomic E-state index is 14.0. The molecule has 2 aromatic rings. The monoisotopic (exact) mass is 398 g/mol. The largest absolute Gasteiger partial charge is 0.465 e. The van der Waals surface area contributed by atoms with Crippen LogP contribution in [0.2, 0.25) is 0 Å². The zero-order valence-corrected chi connectivity index (χ0v) is 14.2. The molecule has 0 saturated heterocycles. The van der Waals surface area contributed by atoms with Crippen molar-refractivity contribution in [2.24, 2.45) is 0 Å². The van der Waals surface area contributed by atoms with E-state index in [2.05, 4.69) is 31.0 Å². The number of carbonyl (C=O) groups is 2. The summed E-state index contributed by atoms with van der Waals surface area (Å²) in [5.41, 5.74) is 0.304. The van der Waals surface area contributed by atoms with E-state index in [0.717, 1.165) is 13.2 Å². The fourth-order valence-corrected chi connectivity index (χ4v) is 2.43. The van der Waals surface area contributed by atoms with Gasteiger partial charge in [0, 0.05) is 10.9 Å². The molecule has 1 aromatic heterocycles. The van der Waals surface area contributed by atoms with Gasteiger partial charge in [0.05, 0.1) is 30.6 Å². The van der Waals surface area contributed by atoms with Gasteiger partial charge in [-0.25, -0.2) is 13.6 Å². The number of ether oxygens (including phenoxy) is 1. The quantitative estimate of drug-likeness (QED) is 0.599. The van der Waals surface area contributed by atoms with Crippen molar-refractivity contribution in [1.29, 1.82) is 0 Å². The molecule has 126 valence electrons. The van der Waals surface area contributed by atoms with Gasteiger partial charge < -0.3 is 10.1 Å². The second-order valence-corrected chi connectivity index (χ2v) is 5.73. The first-order valence-corrected chi connectivity index (χ1v) is 7.63. The molecule has 1 amide bonds. The predicted octanol–water partition coefficient (Wildman–Crippen LogP) is 2.75. The fraction of sp³-hybridized carbons (Fsp3) is 0.188. The molecule has 1 N–H and O–H groups in total. The Balaban J connectivity index is 2.47. The van der Waals surface area contributed by atoms with Crippen molar-refractivity contribution in [3.8, 4) is 0 Å². The number of halogens is 3. The number of hydrogen-bond donors (Lipinski definition) is 1. The average molecular weight is 399 g/mol. The molecule has 1 aromatic carbocycles. The number of amides is 1. The number of hydrogen-bond acceptors (Lipinski definition) is 4. The van der Waals surface area contributed by atoms with Crippen molar-refractivity contribution in [2.45, 2.75) is 13.0 Å². The topological polar surface area (TPSA) is 68.3 Å². The third-order valence-corrected chi connectivity index (χ3v) is 3.75. The van der Waals surface area contributed by atoms with Crippen LogP contribution in [0.3, 0.4) is 0 Å². The molecular formula is C16H13BrF2N2O3. The molecule has 8 heteroatoms. The fourth-order valence-electron chi connectivity index (χ4n) is 2.10. The summed E-state index contributed by atoms with van der Waals surface area (Å²) in [5.74, 6) is -2.02. The van der Waals surface area contributed by atoms with E-state index in [0.29, 0.717) is 10.9 Å². The van der Waals surface area contributed by atoms with E-state index >= 15 is 0 Å². The van der Waals surface area contributed by atoms with Crippen molar-refractivity contribution >= 4 is 28.3 Å². The van der Waals surface area contributed by atoms with Crippen molar-refractivity contribution in [3.05, 3.63) is 62.9 Å². The molecule has 0 radical (unpaired) electrons. The molecule has 5 nitrogen and oxygen atoms in total. The summed E-state index contributed by atoms with van der Waals surface area (Å²) in [7, 11) is 1.16. The van der Waals surface area contributed by atoms with Crippen molar-refractivity contribution in [1.82, 2.24) is 10.3 Å². The third kappa shape index (κ3) is 4.14. The lowest BCUT2D eigenvalue weighted by atomic mass is 10.0. The van der Waals surface area contributed by atoms with E-state index in [1.165, 1.54) is 12.1 Å². The number of esters is 1. The number of nitrogens with one attached hydrogen (secondary N) is 1. The minimum Gasteiger partial charge on any atom is -0.465 e. The van der Waals surface area contributed by atoms with E-state index in [4.69, 9.17) is 0 Å². The standard InChI is InChI=1S/C16H13BrF2N2O3/c1-24-16(23)11-6-13(19)15(7-20-8-22)21-14(11)4-9-2-3-10(17)5-12(9)18/h2-3,5-6,8H,4,7H2,1H3,(H,20,22). The highest BCUT2D eigenvalue weighted by atomic mass is 79.9. The van der Waals surface area contributed by atoms with Gasteiger partial charge >= 0.3 is 5.97 Å². The van der Waals surface area contributed by atoms with Gasteiger partial charge in [-0.05, 0) is 23.8 Å². The van der Waals surface area contributed by atoms with Gasteiger partial charge in [-0.2, -0.15) is 0 Å². The van der Waals surface area contributed by atoms with Crippen LogP contribution in [-0.4, -0.2) is 24.5 Å². The van der Waals surface area contributed by atoms with Gasteiger partial charge in [-0.15, -0.1) is 0 Å². The van der Waals surface area contributed by atoms with Crippen LogP contribution in [0.25, 0.3) is 0 Å². The van der Waals surface area contributed by atoms with Crippen LogP contribution in [0.15, 0.2) is 28.7 Å². The van der Waals surface area contributed by atoms with Crippen LogP contribution in [0, 0.1) is 11.6 Å². The van der Waals surface area contributed by atoms with E-state index in [9.17, 15) is 18.4 Å². The Morgan fingerprint density at radius 2 is 2.04 bits per heavy atom. The SMILES string of the molecule is COC(=O)c1cc(F)c(CNC=O)nc1Cc1ccc(Br)cc1F. The van der Waals surface area contributed by atoms with Crippen LogP contribution in [0.4, 0.5) is 8.78 Å². The summed E-state index contributed by atoms with van der Waals surface area (Å²) in [4.78, 5) is 26.3. The van der Waals surface area contributed by atoms with Gasteiger partial charge in [0.15, 0.2) is 0 Å². The van der Waals surface area contributed by atoms with Crippen molar-refractivity contribution in [3.63, 3.8) is 0 Å². The van der Waals surface area contributed by atoms with Gasteiger partial charge in [0.25, 0.3) is 0 Å². The number of methoxy groups -OCH3 is 1. The molecule has 0 aliphatic rings. The lowest BCUT2D eigenvalue weighted by Crippen LogP contribution is -2.17. The third-order valence-electron chi connectivity index (χ3n) is 3.26. The number of pyridine rings is 1. The Bertz CT molecular complexity index is 784. The highest BCUT2D eigenvalue weighted by molar-refractivity contribution is 9.10. The molecule has 0 fully saturated rings. The number of nitrogens with zero attached hydrogens (tertiary/aromatic N) is 1. The van der Waals surface area contributed by atoms with Crippen LogP contribution < -0.4 is 5.32 Å². The number of benzene rings is 1. The van der Waals surface area contributed by atoms with Gasteiger partial charge in [-0.1, -0.05) is 22.0 Å². The summed E-state index contributed by atoms with van der Waals surface area (Å²) >= 11 is 3.16. The molecule has 0 spiro atoms. The minimum absolute atomic E-state index is 0.0298.